The van der Waals surface area contributed by atoms with Gasteiger partial charge in [0.25, 0.3) is 0 Å². The molecule has 278 valence electrons. The van der Waals surface area contributed by atoms with Gasteiger partial charge in [0, 0.05) is 18.4 Å². The van der Waals surface area contributed by atoms with Crippen LogP contribution in [0, 0.1) is 0 Å². The fraction of sp³-hybridized carbons (Fsp3) is 0.698. The van der Waals surface area contributed by atoms with Crippen molar-refractivity contribution in [2.24, 2.45) is 5.73 Å². The third kappa shape index (κ3) is 26.6. The molecule has 1 aromatic rings. The minimum atomic E-state index is -0.638. The van der Waals surface area contributed by atoms with Crippen molar-refractivity contribution >= 4 is 17.8 Å². The Hall–Kier alpha value is -2.89. The molecule has 0 bridgehead atoms. The van der Waals surface area contributed by atoms with E-state index in [1.54, 1.807) is 0 Å². The fourth-order valence-electron chi connectivity index (χ4n) is 5.85. The molecule has 0 radical (unpaired) electrons. The van der Waals surface area contributed by atoms with Gasteiger partial charge in [-0.25, -0.2) is 0 Å². The first-order valence-electron chi connectivity index (χ1n) is 20.1. The van der Waals surface area contributed by atoms with Crippen LogP contribution in [0.2, 0.25) is 0 Å². The van der Waals surface area contributed by atoms with Gasteiger partial charge in [0.15, 0.2) is 11.5 Å². The number of hydrogen-bond donors (Lipinski definition) is 1. The SMILES string of the molecule is CCCCCCCCC=CCCCCCCCC(=O)Oc1ccc(C(N)=O)cc1OC(=O)CCCCCCCC=CCCCCCCCC. The van der Waals surface area contributed by atoms with Gasteiger partial charge in [-0.15, -0.1) is 0 Å². The Morgan fingerprint density at radius 3 is 1.22 bits per heavy atom. The van der Waals surface area contributed by atoms with E-state index in [0.717, 1.165) is 64.2 Å². The summed E-state index contributed by atoms with van der Waals surface area (Å²) in [4.78, 5) is 36.9. The van der Waals surface area contributed by atoms with Crippen LogP contribution in [0.4, 0.5) is 0 Å². The second-order valence-corrected chi connectivity index (χ2v) is 13.6. The second-order valence-electron chi connectivity index (χ2n) is 13.6. The number of allylic oxidation sites excluding steroid dienone is 4. The van der Waals surface area contributed by atoms with Gasteiger partial charge in [0.2, 0.25) is 5.91 Å². The van der Waals surface area contributed by atoms with Crippen LogP contribution < -0.4 is 15.2 Å². The van der Waals surface area contributed by atoms with Gasteiger partial charge in [-0.1, -0.05) is 141 Å². The molecule has 6 heteroatoms. The number of nitrogens with two attached hydrogens (primary N) is 1. The van der Waals surface area contributed by atoms with Crippen molar-refractivity contribution in [1.82, 2.24) is 0 Å². The maximum absolute atomic E-state index is 12.6. The first kappa shape index (κ1) is 44.1. The standard InChI is InChI=1S/C43H71NO5/c1-3-5-7-9-11-13-15-17-19-21-23-25-27-29-31-33-41(45)48-39-36-35-38(43(44)47)37-40(39)49-42(46)34-32-30-28-26-24-22-20-18-16-14-12-10-8-6-4-2/h17-20,35-37H,3-16,21-34H2,1-2H3,(H2,44,47). The highest BCUT2D eigenvalue weighted by atomic mass is 16.6. The van der Waals surface area contributed by atoms with Crippen molar-refractivity contribution in [3.63, 3.8) is 0 Å². The van der Waals surface area contributed by atoms with E-state index in [0.29, 0.717) is 0 Å². The highest BCUT2D eigenvalue weighted by Crippen LogP contribution is 2.30. The van der Waals surface area contributed by atoms with Crippen LogP contribution in [0.25, 0.3) is 0 Å². The van der Waals surface area contributed by atoms with Crippen molar-refractivity contribution in [3.05, 3.63) is 48.1 Å². The van der Waals surface area contributed by atoms with E-state index < -0.39 is 11.9 Å². The zero-order chi connectivity index (χ0) is 35.6. The number of unbranched alkanes of at least 4 members (excludes halogenated alkanes) is 22. The van der Waals surface area contributed by atoms with Crippen LogP contribution >= 0.6 is 0 Å². The average Bonchev–Trinajstić information content (AvgIpc) is 3.08. The predicted molar refractivity (Wildman–Crippen MR) is 205 cm³/mol. The van der Waals surface area contributed by atoms with Gasteiger partial charge in [-0.2, -0.15) is 0 Å². The number of carbonyl (C=O) groups excluding carboxylic acids is 3. The Kier molecular flexibility index (Phi) is 29.1. The van der Waals surface area contributed by atoms with Gasteiger partial charge in [-0.05, 0) is 82.4 Å². The summed E-state index contributed by atoms with van der Waals surface area (Å²) in [5.74, 6) is -1.22. The van der Waals surface area contributed by atoms with Crippen LogP contribution in [-0.2, 0) is 9.59 Å². The molecule has 0 aliphatic carbocycles. The smallest absolute Gasteiger partial charge is 0.311 e. The van der Waals surface area contributed by atoms with E-state index in [1.807, 2.05) is 0 Å². The Labute approximate surface area is 300 Å². The number of hydrogen-bond acceptors (Lipinski definition) is 5. The molecule has 6 nitrogen and oxygen atoms in total. The number of benzene rings is 1. The van der Waals surface area contributed by atoms with Crippen LogP contribution in [0.15, 0.2) is 42.5 Å². The number of rotatable bonds is 33. The fourth-order valence-corrected chi connectivity index (χ4v) is 5.85. The Bertz CT molecular complexity index is 1050. The molecule has 0 aliphatic heterocycles. The average molecular weight is 682 g/mol. The maximum Gasteiger partial charge on any atom is 0.311 e. The minimum Gasteiger partial charge on any atom is -0.423 e. The Morgan fingerprint density at radius 2 is 0.837 bits per heavy atom. The molecule has 0 atom stereocenters. The van der Waals surface area contributed by atoms with E-state index in [9.17, 15) is 14.4 Å². The summed E-state index contributed by atoms with van der Waals surface area (Å²) < 4.78 is 11.1. The topological polar surface area (TPSA) is 95.7 Å². The highest BCUT2D eigenvalue weighted by Gasteiger charge is 2.16. The molecule has 0 aliphatic rings. The molecule has 0 unspecified atom stereocenters. The van der Waals surface area contributed by atoms with Crippen LogP contribution in [0.3, 0.4) is 0 Å². The lowest BCUT2D eigenvalue weighted by atomic mass is 10.1. The molecule has 0 aromatic heterocycles. The van der Waals surface area contributed by atoms with Crippen LogP contribution in [0.5, 0.6) is 11.5 Å². The van der Waals surface area contributed by atoms with Gasteiger partial charge >= 0.3 is 11.9 Å². The first-order valence-corrected chi connectivity index (χ1v) is 20.1. The molecule has 1 amide bonds. The molecular formula is C43H71NO5. The summed E-state index contributed by atoms with van der Waals surface area (Å²) in [6, 6.07) is 4.34. The lowest BCUT2D eigenvalue weighted by Gasteiger charge is -2.12. The Balaban J connectivity index is 2.23. The zero-order valence-electron chi connectivity index (χ0n) is 31.5. The number of esters is 2. The summed E-state index contributed by atoms with van der Waals surface area (Å²) >= 11 is 0. The highest BCUT2D eigenvalue weighted by molar-refractivity contribution is 5.94. The molecular weight excluding hydrogens is 610 g/mol. The van der Waals surface area contributed by atoms with Gasteiger partial charge < -0.3 is 15.2 Å². The van der Waals surface area contributed by atoms with Crippen molar-refractivity contribution in [1.29, 1.82) is 0 Å². The molecule has 0 heterocycles. The lowest BCUT2D eigenvalue weighted by molar-refractivity contribution is -0.137. The molecule has 0 saturated carbocycles. The quantitative estimate of drug-likeness (QED) is 0.0345. The lowest BCUT2D eigenvalue weighted by Crippen LogP contribution is -2.15. The van der Waals surface area contributed by atoms with Crippen LogP contribution in [0.1, 0.15) is 204 Å². The molecule has 0 fully saturated rings. The third-order valence-electron chi connectivity index (χ3n) is 8.96. The van der Waals surface area contributed by atoms with E-state index in [-0.39, 0.29) is 35.9 Å². The van der Waals surface area contributed by atoms with E-state index in [4.69, 9.17) is 15.2 Å². The van der Waals surface area contributed by atoms with Crippen LogP contribution in [-0.4, -0.2) is 17.8 Å². The van der Waals surface area contributed by atoms with Gasteiger partial charge in [0.05, 0.1) is 0 Å². The summed E-state index contributed by atoms with van der Waals surface area (Å²) in [5, 5.41) is 0. The van der Waals surface area contributed by atoms with E-state index in [1.165, 1.54) is 121 Å². The number of carbonyl (C=O) groups is 3. The molecule has 0 spiro atoms. The monoisotopic (exact) mass is 682 g/mol. The molecule has 49 heavy (non-hydrogen) atoms. The Morgan fingerprint density at radius 1 is 0.490 bits per heavy atom. The summed E-state index contributed by atoms with van der Waals surface area (Å²) in [5.41, 5.74) is 5.63. The zero-order valence-corrected chi connectivity index (χ0v) is 31.5. The van der Waals surface area contributed by atoms with E-state index >= 15 is 0 Å². The third-order valence-corrected chi connectivity index (χ3v) is 8.96. The molecule has 2 N–H and O–H groups in total. The normalized spacial score (nSPS) is 11.5. The van der Waals surface area contributed by atoms with Crippen molar-refractivity contribution < 1.29 is 23.9 Å². The van der Waals surface area contributed by atoms with Crippen molar-refractivity contribution in [3.8, 4) is 11.5 Å². The largest absolute Gasteiger partial charge is 0.423 e. The first-order chi connectivity index (χ1) is 24.0. The van der Waals surface area contributed by atoms with Gasteiger partial charge in [0.1, 0.15) is 0 Å². The molecule has 0 saturated heterocycles. The van der Waals surface area contributed by atoms with Gasteiger partial charge in [-0.3, -0.25) is 14.4 Å². The molecule has 1 rings (SSSR count). The summed E-state index contributed by atoms with van der Waals surface area (Å²) in [6.45, 7) is 4.51. The van der Waals surface area contributed by atoms with Crippen molar-refractivity contribution in [2.75, 3.05) is 0 Å². The predicted octanol–water partition coefficient (Wildman–Crippen LogP) is 12.7. The second kappa shape index (κ2) is 32.3. The maximum atomic E-state index is 12.6. The summed E-state index contributed by atoms with van der Waals surface area (Å²) in [6.07, 6.45) is 40.7. The van der Waals surface area contributed by atoms with Crippen molar-refractivity contribution in [2.45, 2.75) is 194 Å². The molecule has 1 aromatic carbocycles. The van der Waals surface area contributed by atoms with E-state index in [2.05, 4.69) is 38.2 Å². The number of amides is 1. The number of ether oxygens (including phenoxy) is 2. The number of primary amides is 1. The minimum absolute atomic E-state index is 0.0620. The summed E-state index contributed by atoms with van der Waals surface area (Å²) in [7, 11) is 0.